The van der Waals surface area contributed by atoms with Crippen molar-refractivity contribution < 1.29 is 19.7 Å². The summed E-state index contributed by atoms with van der Waals surface area (Å²) in [6.07, 6.45) is -1.88. The molecule has 0 aliphatic carbocycles. The minimum Gasteiger partial charge on any atom is -0.465 e. The molecule has 1 aromatic heterocycles. The molecule has 0 amide bonds. The Bertz CT molecular complexity index is 352. The summed E-state index contributed by atoms with van der Waals surface area (Å²) in [5.74, 6) is -0.438. The number of aliphatic hydroxyl groups is 2. The van der Waals surface area contributed by atoms with Crippen molar-refractivity contribution in [2.45, 2.75) is 12.2 Å². The zero-order valence-electron chi connectivity index (χ0n) is 9.14. The maximum atomic E-state index is 11.2. The molecule has 3 N–H and O–H groups in total. The van der Waals surface area contributed by atoms with Gasteiger partial charge in [-0.05, 0) is 19.2 Å². The molecule has 0 aliphatic heterocycles. The third-order valence-corrected chi connectivity index (χ3v) is 3.22. The zero-order valence-corrected chi connectivity index (χ0v) is 9.95. The van der Waals surface area contributed by atoms with E-state index in [4.69, 9.17) is 0 Å². The number of carbonyl (C=O) groups excluding carboxylic acids is 1. The summed E-state index contributed by atoms with van der Waals surface area (Å²) >= 11 is 1.12. The zero-order chi connectivity index (χ0) is 12.1. The SMILES string of the molecule is CNCC(O)C(O)c1ccc(C(=O)OC)s1. The van der Waals surface area contributed by atoms with Gasteiger partial charge in [-0.25, -0.2) is 4.79 Å². The van der Waals surface area contributed by atoms with Crippen molar-refractivity contribution >= 4 is 17.3 Å². The van der Waals surface area contributed by atoms with Gasteiger partial charge in [-0.2, -0.15) is 0 Å². The van der Waals surface area contributed by atoms with Crippen molar-refractivity contribution in [2.75, 3.05) is 20.7 Å². The Balaban J connectivity index is 2.73. The van der Waals surface area contributed by atoms with Crippen molar-refractivity contribution in [3.05, 3.63) is 21.9 Å². The molecule has 0 fully saturated rings. The predicted octanol–water partition coefficient (Wildman–Crippen LogP) is 0.148. The standard InChI is InChI=1S/C10H15NO4S/c1-11-5-6(12)9(13)7-3-4-8(16-7)10(14)15-2/h3-4,6,9,11-13H,5H2,1-2H3. The first-order valence-electron chi connectivity index (χ1n) is 4.79. The third kappa shape index (κ3) is 3.02. The Morgan fingerprint density at radius 1 is 1.56 bits per heavy atom. The maximum absolute atomic E-state index is 11.2. The average molecular weight is 245 g/mol. The molecule has 0 spiro atoms. The highest BCUT2D eigenvalue weighted by Gasteiger charge is 2.20. The molecule has 0 saturated heterocycles. The molecule has 90 valence electrons. The van der Waals surface area contributed by atoms with E-state index in [9.17, 15) is 15.0 Å². The number of aliphatic hydroxyl groups excluding tert-OH is 2. The van der Waals surface area contributed by atoms with Crippen LogP contribution in [0.25, 0.3) is 0 Å². The average Bonchev–Trinajstić information content (AvgIpc) is 2.76. The molecule has 0 saturated carbocycles. The van der Waals surface area contributed by atoms with Gasteiger partial charge in [-0.15, -0.1) is 11.3 Å². The van der Waals surface area contributed by atoms with Crippen molar-refractivity contribution in [1.82, 2.24) is 5.32 Å². The number of carbonyl (C=O) groups is 1. The van der Waals surface area contributed by atoms with Gasteiger partial charge in [0.05, 0.1) is 13.2 Å². The van der Waals surface area contributed by atoms with E-state index < -0.39 is 18.2 Å². The van der Waals surface area contributed by atoms with Crippen molar-refractivity contribution in [3.8, 4) is 0 Å². The van der Waals surface area contributed by atoms with Crippen LogP contribution >= 0.6 is 11.3 Å². The molecule has 16 heavy (non-hydrogen) atoms. The first-order chi connectivity index (χ1) is 7.60. The largest absolute Gasteiger partial charge is 0.465 e. The lowest BCUT2D eigenvalue weighted by Gasteiger charge is -2.15. The summed E-state index contributed by atoms with van der Waals surface area (Å²) in [7, 11) is 2.98. The van der Waals surface area contributed by atoms with Gasteiger partial charge in [0.25, 0.3) is 0 Å². The van der Waals surface area contributed by atoms with Gasteiger partial charge in [-0.3, -0.25) is 0 Å². The van der Waals surface area contributed by atoms with Crippen LogP contribution in [0.5, 0.6) is 0 Å². The van der Waals surface area contributed by atoms with E-state index in [1.165, 1.54) is 7.11 Å². The summed E-state index contributed by atoms with van der Waals surface area (Å²) in [6.45, 7) is 0.284. The van der Waals surface area contributed by atoms with Crippen LogP contribution in [0.2, 0.25) is 0 Å². The minimum absolute atomic E-state index is 0.284. The van der Waals surface area contributed by atoms with E-state index >= 15 is 0 Å². The number of methoxy groups -OCH3 is 1. The van der Waals surface area contributed by atoms with Crippen molar-refractivity contribution in [3.63, 3.8) is 0 Å². The Hall–Kier alpha value is -0.950. The van der Waals surface area contributed by atoms with E-state index in [1.54, 1.807) is 19.2 Å². The Labute approximate surface area is 97.7 Å². The highest BCUT2D eigenvalue weighted by atomic mass is 32.1. The first-order valence-corrected chi connectivity index (χ1v) is 5.60. The quantitative estimate of drug-likeness (QED) is 0.643. The predicted molar refractivity (Wildman–Crippen MR) is 60.6 cm³/mol. The lowest BCUT2D eigenvalue weighted by molar-refractivity contribution is 0.0224. The molecule has 1 rings (SSSR count). The second-order valence-corrected chi connectivity index (χ2v) is 4.38. The van der Waals surface area contributed by atoms with Gasteiger partial charge in [0.2, 0.25) is 0 Å². The van der Waals surface area contributed by atoms with Crippen LogP contribution in [-0.4, -0.2) is 43.0 Å². The van der Waals surface area contributed by atoms with Crippen LogP contribution in [0.1, 0.15) is 20.7 Å². The van der Waals surface area contributed by atoms with Gasteiger partial charge >= 0.3 is 5.97 Å². The van der Waals surface area contributed by atoms with E-state index in [1.807, 2.05) is 0 Å². The Kier molecular flexibility index (Phi) is 4.88. The van der Waals surface area contributed by atoms with Crippen LogP contribution < -0.4 is 5.32 Å². The summed E-state index contributed by atoms with van der Waals surface area (Å²) in [6, 6.07) is 3.18. The number of ether oxygens (including phenoxy) is 1. The van der Waals surface area contributed by atoms with Crippen LogP contribution in [0.3, 0.4) is 0 Å². The molecule has 5 nitrogen and oxygen atoms in total. The fourth-order valence-electron chi connectivity index (χ4n) is 1.23. The van der Waals surface area contributed by atoms with Gasteiger partial charge in [0, 0.05) is 11.4 Å². The maximum Gasteiger partial charge on any atom is 0.348 e. The first kappa shape index (κ1) is 13.1. The fourth-order valence-corrected chi connectivity index (χ4v) is 2.20. The lowest BCUT2D eigenvalue weighted by atomic mass is 10.1. The van der Waals surface area contributed by atoms with E-state index in [-0.39, 0.29) is 6.54 Å². The minimum atomic E-state index is -0.990. The van der Waals surface area contributed by atoms with E-state index in [0.717, 1.165) is 11.3 Å². The summed E-state index contributed by atoms with van der Waals surface area (Å²) in [4.78, 5) is 12.1. The Morgan fingerprint density at radius 3 is 2.81 bits per heavy atom. The fraction of sp³-hybridized carbons (Fsp3) is 0.500. The van der Waals surface area contributed by atoms with Gasteiger partial charge < -0.3 is 20.3 Å². The number of thiophene rings is 1. The Morgan fingerprint density at radius 2 is 2.25 bits per heavy atom. The topological polar surface area (TPSA) is 78.8 Å². The molecule has 1 aromatic rings. The highest BCUT2D eigenvalue weighted by molar-refractivity contribution is 7.14. The monoisotopic (exact) mass is 245 g/mol. The van der Waals surface area contributed by atoms with Crippen LogP contribution in [0.4, 0.5) is 0 Å². The van der Waals surface area contributed by atoms with Gasteiger partial charge in [0.15, 0.2) is 0 Å². The summed E-state index contributed by atoms with van der Waals surface area (Å²) in [5.41, 5.74) is 0. The number of hydrogen-bond acceptors (Lipinski definition) is 6. The van der Waals surface area contributed by atoms with Crippen molar-refractivity contribution in [1.29, 1.82) is 0 Å². The number of esters is 1. The molecular formula is C10H15NO4S. The number of nitrogens with one attached hydrogen (secondary N) is 1. The van der Waals surface area contributed by atoms with Crippen molar-refractivity contribution in [2.24, 2.45) is 0 Å². The summed E-state index contributed by atoms with van der Waals surface area (Å²) in [5, 5.41) is 22.1. The molecular weight excluding hydrogens is 230 g/mol. The highest BCUT2D eigenvalue weighted by Crippen LogP contribution is 2.25. The molecule has 0 aliphatic rings. The molecule has 0 aromatic carbocycles. The van der Waals surface area contributed by atoms with E-state index in [0.29, 0.717) is 9.75 Å². The second-order valence-electron chi connectivity index (χ2n) is 3.26. The number of likely N-dealkylation sites (N-methyl/N-ethyl adjacent to an activating group) is 1. The molecule has 6 heteroatoms. The van der Waals surface area contributed by atoms with Crippen LogP contribution in [0, 0.1) is 0 Å². The normalized spacial score (nSPS) is 14.5. The smallest absolute Gasteiger partial charge is 0.348 e. The van der Waals surface area contributed by atoms with Gasteiger partial charge in [0.1, 0.15) is 11.0 Å². The number of rotatable bonds is 5. The molecule has 0 radical (unpaired) electrons. The van der Waals surface area contributed by atoms with Gasteiger partial charge in [-0.1, -0.05) is 0 Å². The van der Waals surface area contributed by atoms with Crippen LogP contribution in [0.15, 0.2) is 12.1 Å². The third-order valence-electron chi connectivity index (χ3n) is 2.08. The summed E-state index contributed by atoms with van der Waals surface area (Å²) < 4.78 is 4.55. The lowest BCUT2D eigenvalue weighted by Crippen LogP contribution is -2.29. The molecule has 0 bridgehead atoms. The molecule has 2 unspecified atom stereocenters. The second kappa shape index (κ2) is 5.95. The molecule has 2 atom stereocenters. The number of hydrogen-bond donors (Lipinski definition) is 3. The van der Waals surface area contributed by atoms with E-state index in [2.05, 4.69) is 10.1 Å². The molecule has 1 heterocycles. The van der Waals surface area contributed by atoms with Crippen LogP contribution in [-0.2, 0) is 4.74 Å².